The number of amides is 1. The lowest BCUT2D eigenvalue weighted by molar-refractivity contribution is 0.131. The molecule has 7 heteroatoms. The van der Waals surface area contributed by atoms with Crippen LogP contribution in [0.15, 0.2) is 60.1 Å². The summed E-state index contributed by atoms with van der Waals surface area (Å²) in [6.07, 6.45) is 7.96. The SMILES string of the molecule is Cc1ccc(Cc2ccc(OC(=O)N3CCC(C(C)Sc4ncc[nH]4)CC3)cc2)nc1. The van der Waals surface area contributed by atoms with E-state index < -0.39 is 0 Å². The van der Waals surface area contributed by atoms with Crippen LogP contribution in [0.3, 0.4) is 0 Å². The van der Waals surface area contributed by atoms with Gasteiger partial charge in [-0.1, -0.05) is 36.9 Å². The maximum Gasteiger partial charge on any atom is 0.415 e. The molecule has 1 unspecified atom stereocenters. The number of aryl methyl sites for hydroxylation is 1. The number of aromatic nitrogens is 3. The number of H-pyrrole nitrogens is 1. The average molecular weight is 437 g/mol. The Morgan fingerprint density at radius 1 is 1.19 bits per heavy atom. The summed E-state index contributed by atoms with van der Waals surface area (Å²) in [7, 11) is 0. The number of piperidine rings is 1. The van der Waals surface area contributed by atoms with Crippen molar-refractivity contribution in [3.05, 3.63) is 71.8 Å². The molecule has 1 N–H and O–H groups in total. The number of pyridine rings is 1. The zero-order chi connectivity index (χ0) is 21.6. The monoisotopic (exact) mass is 436 g/mol. The number of carbonyl (C=O) groups excluding carboxylic acids is 1. The van der Waals surface area contributed by atoms with Crippen molar-refractivity contribution in [3.8, 4) is 5.75 Å². The molecule has 4 rings (SSSR count). The summed E-state index contributed by atoms with van der Waals surface area (Å²) in [5, 5.41) is 1.41. The summed E-state index contributed by atoms with van der Waals surface area (Å²) < 4.78 is 5.61. The number of nitrogens with zero attached hydrogens (tertiary/aromatic N) is 3. The van der Waals surface area contributed by atoms with E-state index in [0.717, 1.165) is 54.3 Å². The van der Waals surface area contributed by atoms with E-state index in [-0.39, 0.29) is 6.09 Å². The van der Waals surface area contributed by atoms with Crippen molar-refractivity contribution in [3.63, 3.8) is 0 Å². The van der Waals surface area contributed by atoms with E-state index in [1.165, 1.54) is 0 Å². The molecular weight excluding hydrogens is 408 g/mol. The molecule has 2 aromatic heterocycles. The first-order valence-electron chi connectivity index (χ1n) is 10.7. The Labute approximate surface area is 187 Å². The molecule has 0 bridgehead atoms. The molecule has 1 aliphatic rings. The van der Waals surface area contributed by atoms with Crippen LogP contribution in [0.1, 0.15) is 36.6 Å². The van der Waals surface area contributed by atoms with Crippen molar-refractivity contribution in [1.29, 1.82) is 0 Å². The maximum atomic E-state index is 12.6. The third kappa shape index (κ3) is 5.88. The minimum Gasteiger partial charge on any atom is -0.410 e. The molecule has 162 valence electrons. The lowest BCUT2D eigenvalue weighted by atomic mass is 9.94. The van der Waals surface area contributed by atoms with Gasteiger partial charge in [-0.25, -0.2) is 9.78 Å². The predicted octanol–water partition coefficient (Wildman–Crippen LogP) is 5.10. The van der Waals surface area contributed by atoms with E-state index in [9.17, 15) is 4.79 Å². The fourth-order valence-electron chi connectivity index (χ4n) is 3.79. The van der Waals surface area contributed by atoms with Crippen LogP contribution in [0.25, 0.3) is 0 Å². The van der Waals surface area contributed by atoms with Gasteiger partial charge in [0.2, 0.25) is 0 Å². The van der Waals surface area contributed by atoms with Gasteiger partial charge in [0.15, 0.2) is 5.16 Å². The van der Waals surface area contributed by atoms with Gasteiger partial charge < -0.3 is 14.6 Å². The number of thioether (sulfide) groups is 1. The first-order valence-corrected chi connectivity index (χ1v) is 11.6. The van der Waals surface area contributed by atoms with Gasteiger partial charge in [0.05, 0.1) is 0 Å². The zero-order valence-corrected chi connectivity index (χ0v) is 18.8. The molecule has 1 aromatic carbocycles. The Hall–Kier alpha value is -2.80. The van der Waals surface area contributed by atoms with Crippen LogP contribution < -0.4 is 4.74 Å². The molecule has 31 heavy (non-hydrogen) atoms. The van der Waals surface area contributed by atoms with Crippen molar-refractivity contribution in [2.75, 3.05) is 13.1 Å². The Bertz CT molecular complexity index is 966. The highest BCUT2D eigenvalue weighted by molar-refractivity contribution is 7.99. The Kier molecular flexibility index (Phi) is 6.92. The summed E-state index contributed by atoms with van der Waals surface area (Å²) in [5.74, 6) is 1.14. The molecule has 0 radical (unpaired) electrons. The molecule has 0 aliphatic carbocycles. The quantitative estimate of drug-likeness (QED) is 0.545. The van der Waals surface area contributed by atoms with Gasteiger partial charge >= 0.3 is 6.09 Å². The largest absolute Gasteiger partial charge is 0.415 e. The standard InChI is InChI=1S/C24H28N4O2S/c1-17-3-6-21(27-16-17)15-19-4-7-22(8-5-19)30-24(29)28-13-9-20(10-14-28)18(2)31-23-25-11-12-26-23/h3-8,11-12,16,18,20H,9-10,13-15H2,1-2H3,(H,25,26). The van der Waals surface area contributed by atoms with Gasteiger partial charge in [-0.05, 0) is 55.0 Å². The third-order valence-electron chi connectivity index (χ3n) is 5.72. The summed E-state index contributed by atoms with van der Waals surface area (Å²) in [6.45, 7) is 5.72. The molecule has 0 spiro atoms. The highest BCUT2D eigenvalue weighted by atomic mass is 32.2. The minimum absolute atomic E-state index is 0.266. The maximum absolute atomic E-state index is 12.6. The molecule has 0 saturated carbocycles. The third-order valence-corrected chi connectivity index (χ3v) is 6.92. The fourth-order valence-corrected chi connectivity index (χ4v) is 4.87. The Morgan fingerprint density at radius 3 is 2.61 bits per heavy atom. The lowest BCUT2D eigenvalue weighted by Crippen LogP contribution is -2.41. The number of benzene rings is 1. The second-order valence-electron chi connectivity index (χ2n) is 8.06. The van der Waals surface area contributed by atoms with Crippen molar-refractivity contribution in [2.24, 2.45) is 5.92 Å². The Morgan fingerprint density at radius 2 is 1.97 bits per heavy atom. The molecule has 6 nitrogen and oxygen atoms in total. The molecule has 3 heterocycles. The average Bonchev–Trinajstić information content (AvgIpc) is 3.30. The molecule has 1 fully saturated rings. The van der Waals surface area contributed by atoms with Gasteiger partial charge in [0.1, 0.15) is 5.75 Å². The van der Waals surface area contributed by atoms with Gasteiger partial charge in [-0.2, -0.15) is 0 Å². The number of ether oxygens (including phenoxy) is 1. The van der Waals surface area contributed by atoms with Crippen LogP contribution in [-0.2, 0) is 6.42 Å². The normalized spacial score (nSPS) is 15.6. The van der Waals surface area contributed by atoms with Gasteiger partial charge in [0.25, 0.3) is 0 Å². The van der Waals surface area contributed by atoms with Crippen LogP contribution in [0.5, 0.6) is 5.75 Å². The molecule has 1 aliphatic heterocycles. The van der Waals surface area contributed by atoms with Crippen LogP contribution in [0.4, 0.5) is 4.79 Å². The van der Waals surface area contributed by atoms with Crippen LogP contribution >= 0.6 is 11.8 Å². The van der Waals surface area contributed by atoms with Crippen molar-refractivity contribution < 1.29 is 9.53 Å². The van der Waals surface area contributed by atoms with Crippen molar-refractivity contribution in [2.45, 2.75) is 43.5 Å². The summed E-state index contributed by atoms with van der Waals surface area (Å²) in [6, 6.07) is 11.8. The van der Waals surface area contributed by atoms with E-state index in [2.05, 4.69) is 27.9 Å². The molecule has 1 saturated heterocycles. The highest BCUT2D eigenvalue weighted by Crippen LogP contribution is 2.32. The first-order chi connectivity index (χ1) is 15.1. The smallest absolute Gasteiger partial charge is 0.410 e. The van der Waals surface area contributed by atoms with E-state index in [0.29, 0.717) is 16.9 Å². The van der Waals surface area contributed by atoms with Crippen molar-refractivity contribution in [1.82, 2.24) is 19.9 Å². The van der Waals surface area contributed by atoms with E-state index in [1.807, 2.05) is 54.5 Å². The van der Waals surface area contributed by atoms with E-state index in [4.69, 9.17) is 4.74 Å². The van der Waals surface area contributed by atoms with Crippen LogP contribution in [0, 0.1) is 12.8 Å². The minimum atomic E-state index is -0.266. The summed E-state index contributed by atoms with van der Waals surface area (Å²) in [5.41, 5.74) is 3.32. The van der Waals surface area contributed by atoms with E-state index >= 15 is 0 Å². The number of imidazole rings is 1. The summed E-state index contributed by atoms with van der Waals surface area (Å²) >= 11 is 1.77. The van der Waals surface area contributed by atoms with Gasteiger partial charge in [-0.15, -0.1) is 0 Å². The molecular formula is C24H28N4O2S. The van der Waals surface area contributed by atoms with Crippen molar-refractivity contribution >= 4 is 17.9 Å². The highest BCUT2D eigenvalue weighted by Gasteiger charge is 2.28. The number of nitrogens with one attached hydrogen (secondary N) is 1. The van der Waals surface area contributed by atoms with E-state index in [1.54, 1.807) is 18.0 Å². The van der Waals surface area contributed by atoms with Crippen LogP contribution in [0.2, 0.25) is 0 Å². The number of rotatable bonds is 6. The lowest BCUT2D eigenvalue weighted by Gasteiger charge is -2.33. The van der Waals surface area contributed by atoms with Crippen LogP contribution in [-0.4, -0.2) is 44.3 Å². The second kappa shape index (κ2) is 10.0. The topological polar surface area (TPSA) is 71.1 Å². The predicted molar refractivity (Wildman–Crippen MR) is 122 cm³/mol. The first kappa shape index (κ1) is 21.4. The number of likely N-dealkylation sites (tertiary alicyclic amines) is 1. The number of hydrogen-bond acceptors (Lipinski definition) is 5. The zero-order valence-electron chi connectivity index (χ0n) is 18.0. The molecule has 1 amide bonds. The number of aromatic amines is 1. The molecule has 1 atom stereocenters. The molecule has 3 aromatic rings. The number of carbonyl (C=O) groups is 1. The van der Waals surface area contributed by atoms with Gasteiger partial charge in [0, 0.05) is 49.0 Å². The second-order valence-corrected chi connectivity index (χ2v) is 9.42. The number of hydrogen-bond donors (Lipinski definition) is 1. The van der Waals surface area contributed by atoms with Gasteiger partial charge in [-0.3, -0.25) is 4.98 Å². The summed E-state index contributed by atoms with van der Waals surface area (Å²) in [4.78, 5) is 26.3. The fraction of sp³-hybridized carbons (Fsp3) is 0.375. The Balaban J connectivity index is 1.24.